The molecule has 110 valence electrons. The lowest BCUT2D eigenvalue weighted by Crippen LogP contribution is -2.35. The highest BCUT2D eigenvalue weighted by atomic mass is 16.5. The first-order valence-electron chi connectivity index (χ1n) is 6.74. The van der Waals surface area contributed by atoms with Crippen LogP contribution in [0.2, 0.25) is 0 Å². The minimum absolute atomic E-state index is 0.106. The zero-order valence-corrected chi connectivity index (χ0v) is 12.2. The molecule has 1 rings (SSSR count). The Bertz CT molecular complexity index is 441. The number of nitrogens with one attached hydrogen (secondary N) is 2. The number of hydrogen-bond acceptors (Lipinski definition) is 4. The van der Waals surface area contributed by atoms with Gasteiger partial charge in [-0.2, -0.15) is 0 Å². The number of amides is 1. The Morgan fingerprint density at radius 1 is 1.15 bits per heavy atom. The summed E-state index contributed by atoms with van der Waals surface area (Å²) in [5, 5.41) is 5.70. The molecule has 20 heavy (non-hydrogen) atoms. The predicted molar refractivity (Wildman–Crippen MR) is 77.6 cm³/mol. The van der Waals surface area contributed by atoms with Crippen molar-refractivity contribution in [2.75, 3.05) is 19.6 Å². The van der Waals surface area contributed by atoms with E-state index in [4.69, 9.17) is 4.74 Å². The van der Waals surface area contributed by atoms with Gasteiger partial charge >= 0.3 is 5.97 Å². The second-order valence-electron chi connectivity index (χ2n) is 4.84. The number of hydrogen-bond donors (Lipinski definition) is 2. The average molecular weight is 278 g/mol. The number of carbonyl (C=O) groups excluding carboxylic acids is 2. The Morgan fingerprint density at radius 2 is 1.80 bits per heavy atom. The van der Waals surface area contributed by atoms with E-state index in [0.29, 0.717) is 18.7 Å². The standard InChI is InChI=1S/C15H22N2O3/c1-11(2)20-14(18)10-16-8-9-17-15(19)13-6-4-12(3)5-7-13/h4-7,11,16H,8-10H2,1-3H3,(H,17,19). The van der Waals surface area contributed by atoms with E-state index >= 15 is 0 Å². The average Bonchev–Trinajstić information content (AvgIpc) is 2.38. The zero-order valence-electron chi connectivity index (χ0n) is 12.2. The van der Waals surface area contributed by atoms with Gasteiger partial charge in [0.15, 0.2) is 0 Å². The van der Waals surface area contributed by atoms with Gasteiger partial charge in [-0.05, 0) is 32.9 Å². The van der Waals surface area contributed by atoms with Crippen molar-refractivity contribution in [1.82, 2.24) is 10.6 Å². The maximum atomic E-state index is 11.8. The molecule has 0 fully saturated rings. The molecule has 0 aliphatic rings. The molecule has 0 heterocycles. The van der Waals surface area contributed by atoms with Crippen LogP contribution in [-0.4, -0.2) is 37.6 Å². The van der Waals surface area contributed by atoms with Gasteiger partial charge in [0.1, 0.15) is 0 Å². The summed E-state index contributed by atoms with van der Waals surface area (Å²) in [4.78, 5) is 23.0. The highest BCUT2D eigenvalue weighted by Gasteiger charge is 2.05. The smallest absolute Gasteiger partial charge is 0.320 e. The molecule has 0 aliphatic heterocycles. The topological polar surface area (TPSA) is 67.4 Å². The summed E-state index contributed by atoms with van der Waals surface area (Å²) in [6.45, 7) is 6.71. The normalized spacial score (nSPS) is 10.4. The fraction of sp³-hybridized carbons (Fsp3) is 0.467. The quantitative estimate of drug-likeness (QED) is 0.582. The van der Waals surface area contributed by atoms with Gasteiger partial charge in [-0.1, -0.05) is 17.7 Å². The monoisotopic (exact) mass is 278 g/mol. The van der Waals surface area contributed by atoms with Crippen molar-refractivity contribution >= 4 is 11.9 Å². The summed E-state index contributed by atoms with van der Waals surface area (Å²) < 4.78 is 4.97. The van der Waals surface area contributed by atoms with Crippen LogP contribution in [-0.2, 0) is 9.53 Å². The minimum Gasteiger partial charge on any atom is -0.462 e. The third-order valence-corrected chi connectivity index (χ3v) is 2.54. The molecule has 0 bridgehead atoms. The molecule has 0 spiro atoms. The van der Waals surface area contributed by atoms with E-state index in [9.17, 15) is 9.59 Å². The van der Waals surface area contributed by atoms with Crippen LogP contribution in [0.25, 0.3) is 0 Å². The predicted octanol–water partition coefficient (Wildman–Crippen LogP) is 1.27. The molecule has 0 atom stereocenters. The second kappa shape index (κ2) is 8.32. The second-order valence-corrected chi connectivity index (χ2v) is 4.84. The molecule has 0 unspecified atom stereocenters. The first-order chi connectivity index (χ1) is 9.49. The number of rotatable bonds is 7. The number of esters is 1. The molecule has 0 saturated heterocycles. The van der Waals surface area contributed by atoms with Crippen LogP contribution in [0.1, 0.15) is 29.8 Å². The summed E-state index contributed by atoms with van der Waals surface area (Å²) in [7, 11) is 0. The van der Waals surface area contributed by atoms with E-state index in [0.717, 1.165) is 5.56 Å². The van der Waals surface area contributed by atoms with Gasteiger partial charge in [0.05, 0.1) is 12.6 Å². The van der Waals surface area contributed by atoms with Crippen molar-refractivity contribution in [2.45, 2.75) is 26.9 Å². The van der Waals surface area contributed by atoms with Crippen molar-refractivity contribution in [3.63, 3.8) is 0 Å². The molecule has 1 aromatic carbocycles. The first kappa shape index (κ1) is 16.2. The fourth-order valence-corrected chi connectivity index (χ4v) is 1.57. The van der Waals surface area contributed by atoms with E-state index in [1.165, 1.54) is 0 Å². The van der Waals surface area contributed by atoms with E-state index in [2.05, 4.69) is 10.6 Å². The molecular weight excluding hydrogens is 256 g/mol. The van der Waals surface area contributed by atoms with E-state index < -0.39 is 0 Å². The van der Waals surface area contributed by atoms with Gasteiger partial charge in [0, 0.05) is 18.7 Å². The van der Waals surface area contributed by atoms with E-state index in [1.54, 1.807) is 26.0 Å². The van der Waals surface area contributed by atoms with Crippen molar-refractivity contribution in [1.29, 1.82) is 0 Å². The lowest BCUT2D eigenvalue weighted by atomic mass is 10.1. The molecule has 0 radical (unpaired) electrons. The Balaban J connectivity index is 2.16. The lowest BCUT2D eigenvalue weighted by molar-refractivity contribution is -0.146. The van der Waals surface area contributed by atoms with Crippen molar-refractivity contribution in [2.24, 2.45) is 0 Å². The van der Waals surface area contributed by atoms with Crippen LogP contribution in [0, 0.1) is 6.92 Å². The van der Waals surface area contributed by atoms with Crippen LogP contribution in [0.15, 0.2) is 24.3 Å². The number of carbonyl (C=O) groups is 2. The van der Waals surface area contributed by atoms with Gasteiger partial charge in [-0.3, -0.25) is 9.59 Å². The summed E-state index contributed by atoms with van der Waals surface area (Å²) >= 11 is 0. The van der Waals surface area contributed by atoms with Crippen molar-refractivity contribution in [3.05, 3.63) is 35.4 Å². The van der Waals surface area contributed by atoms with Gasteiger partial charge in [-0.15, -0.1) is 0 Å². The molecule has 0 aliphatic carbocycles. The summed E-state index contributed by atoms with van der Waals surface area (Å²) in [6, 6.07) is 7.38. The molecule has 5 nitrogen and oxygen atoms in total. The highest BCUT2D eigenvalue weighted by Crippen LogP contribution is 2.02. The van der Waals surface area contributed by atoms with Crippen LogP contribution in [0.4, 0.5) is 0 Å². The molecule has 0 aromatic heterocycles. The molecule has 1 amide bonds. The van der Waals surface area contributed by atoms with Crippen molar-refractivity contribution in [3.8, 4) is 0 Å². The van der Waals surface area contributed by atoms with Gasteiger partial charge < -0.3 is 15.4 Å². The van der Waals surface area contributed by atoms with Crippen LogP contribution >= 0.6 is 0 Å². The number of ether oxygens (including phenoxy) is 1. The van der Waals surface area contributed by atoms with Gasteiger partial charge in [0.25, 0.3) is 5.91 Å². The van der Waals surface area contributed by atoms with E-state index in [1.807, 2.05) is 19.1 Å². The Hall–Kier alpha value is -1.88. The Labute approximate surface area is 119 Å². The first-order valence-corrected chi connectivity index (χ1v) is 6.74. The van der Waals surface area contributed by atoms with E-state index in [-0.39, 0.29) is 24.5 Å². The summed E-state index contributed by atoms with van der Waals surface area (Å²) in [5.41, 5.74) is 1.75. The van der Waals surface area contributed by atoms with Crippen LogP contribution in [0.5, 0.6) is 0 Å². The maximum absolute atomic E-state index is 11.8. The molecule has 1 aromatic rings. The fourth-order valence-electron chi connectivity index (χ4n) is 1.57. The van der Waals surface area contributed by atoms with Crippen LogP contribution in [0.3, 0.4) is 0 Å². The van der Waals surface area contributed by atoms with Crippen LogP contribution < -0.4 is 10.6 Å². The summed E-state index contributed by atoms with van der Waals surface area (Å²) in [5.74, 6) is -0.401. The largest absolute Gasteiger partial charge is 0.462 e. The molecule has 0 saturated carbocycles. The molecule has 5 heteroatoms. The zero-order chi connectivity index (χ0) is 15.0. The SMILES string of the molecule is Cc1ccc(C(=O)NCCNCC(=O)OC(C)C)cc1. The minimum atomic E-state index is -0.287. The highest BCUT2D eigenvalue weighted by molar-refractivity contribution is 5.94. The lowest BCUT2D eigenvalue weighted by Gasteiger charge is -2.09. The van der Waals surface area contributed by atoms with Gasteiger partial charge in [0.2, 0.25) is 0 Å². The Kier molecular flexibility index (Phi) is 6.73. The number of benzene rings is 1. The molecule has 2 N–H and O–H groups in total. The van der Waals surface area contributed by atoms with Crippen molar-refractivity contribution < 1.29 is 14.3 Å². The summed E-state index contributed by atoms with van der Waals surface area (Å²) in [6.07, 6.45) is -0.106. The molecular formula is C15H22N2O3. The Morgan fingerprint density at radius 3 is 2.40 bits per heavy atom. The third kappa shape index (κ3) is 6.33. The van der Waals surface area contributed by atoms with Gasteiger partial charge in [-0.25, -0.2) is 0 Å². The third-order valence-electron chi connectivity index (χ3n) is 2.54. The maximum Gasteiger partial charge on any atom is 0.320 e. The number of aryl methyl sites for hydroxylation is 1.